The second kappa shape index (κ2) is 4.30. The number of anilines is 1. The van der Waals surface area contributed by atoms with Crippen LogP contribution in [-0.2, 0) is 0 Å². The first-order valence-corrected chi connectivity index (χ1v) is 4.77. The number of rotatable bonds is 2. The molecule has 0 aliphatic carbocycles. The van der Waals surface area contributed by atoms with Crippen molar-refractivity contribution in [3.63, 3.8) is 0 Å². The van der Waals surface area contributed by atoms with Gasteiger partial charge in [0.05, 0.1) is 5.69 Å². The van der Waals surface area contributed by atoms with Gasteiger partial charge in [-0.1, -0.05) is 11.6 Å². The first kappa shape index (κ1) is 9.32. The summed E-state index contributed by atoms with van der Waals surface area (Å²) in [4.78, 5) is 0. The molecule has 0 spiro atoms. The van der Waals surface area contributed by atoms with Gasteiger partial charge in [-0.05, 0) is 34.1 Å². The highest BCUT2D eigenvalue weighted by molar-refractivity contribution is 9.10. The van der Waals surface area contributed by atoms with Crippen molar-refractivity contribution in [2.45, 2.75) is 0 Å². The molecule has 2 N–H and O–H groups in total. The lowest BCUT2D eigenvalue weighted by molar-refractivity contribution is 1.24. The summed E-state index contributed by atoms with van der Waals surface area (Å²) in [5.41, 5.74) is 3.79. The second-order valence-electron chi connectivity index (χ2n) is 1.84. The fourth-order valence-corrected chi connectivity index (χ4v) is 1.64. The molecule has 1 aromatic carbocycles. The van der Waals surface area contributed by atoms with Crippen molar-refractivity contribution in [3.05, 3.63) is 27.7 Å². The molecule has 0 amide bonds. The molecule has 0 aliphatic rings. The molecule has 5 heteroatoms. The normalized spacial score (nSPS) is 9.73. The van der Waals surface area contributed by atoms with Crippen molar-refractivity contribution >= 4 is 49.4 Å². The Morgan fingerprint density at radius 1 is 1.36 bits per heavy atom. The fourth-order valence-electron chi connectivity index (χ4n) is 0.642. The zero-order chi connectivity index (χ0) is 8.27. The van der Waals surface area contributed by atoms with E-state index in [1.165, 1.54) is 0 Å². The summed E-state index contributed by atoms with van der Waals surface area (Å²) in [5, 5.41) is 0.706. The Labute approximate surface area is 86.7 Å². The molecule has 60 valence electrons. The van der Waals surface area contributed by atoms with E-state index < -0.39 is 0 Å². The lowest BCUT2D eigenvalue weighted by atomic mass is 10.3. The van der Waals surface area contributed by atoms with E-state index >= 15 is 0 Å². The van der Waals surface area contributed by atoms with Crippen LogP contribution in [0.3, 0.4) is 0 Å². The molecule has 0 aromatic heterocycles. The number of benzene rings is 1. The third kappa shape index (κ3) is 2.63. The first-order valence-electron chi connectivity index (χ1n) is 2.80. The van der Waals surface area contributed by atoms with Gasteiger partial charge in [-0.25, -0.2) is 0 Å². The van der Waals surface area contributed by atoms with Crippen LogP contribution in [0.4, 0.5) is 5.69 Å². The number of nitrogens with one attached hydrogen (secondary N) is 2. The SMILES string of the molecule is Clc1ccc(NNBr)c(Br)c1. The maximum Gasteiger partial charge on any atom is 0.0639 e. The van der Waals surface area contributed by atoms with Crippen molar-refractivity contribution in [2.75, 3.05) is 5.43 Å². The molecule has 0 aliphatic heterocycles. The number of hydrazine groups is 1. The number of hydrogen-bond acceptors (Lipinski definition) is 2. The highest BCUT2D eigenvalue weighted by Crippen LogP contribution is 2.25. The van der Waals surface area contributed by atoms with Crippen molar-refractivity contribution in [3.8, 4) is 0 Å². The largest absolute Gasteiger partial charge is 0.310 e. The third-order valence-corrected chi connectivity index (χ3v) is 2.20. The molecular formula is C6H5Br2ClN2. The minimum absolute atomic E-state index is 0.706. The number of halogens is 3. The summed E-state index contributed by atoms with van der Waals surface area (Å²) in [5.74, 6) is 0. The van der Waals surface area contributed by atoms with Gasteiger partial charge in [0.2, 0.25) is 0 Å². The smallest absolute Gasteiger partial charge is 0.0639 e. The summed E-state index contributed by atoms with van der Waals surface area (Å²) in [6.45, 7) is 0. The van der Waals surface area contributed by atoms with Crippen LogP contribution in [0.2, 0.25) is 5.02 Å². The summed E-state index contributed by atoms with van der Waals surface area (Å²) in [6, 6.07) is 5.48. The lowest BCUT2D eigenvalue weighted by Crippen LogP contribution is -2.07. The van der Waals surface area contributed by atoms with E-state index in [9.17, 15) is 0 Å². The zero-order valence-corrected chi connectivity index (χ0v) is 9.29. The van der Waals surface area contributed by atoms with E-state index in [0.29, 0.717) is 5.02 Å². The fraction of sp³-hybridized carbons (Fsp3) is 0. The summed E-state index contributed by atoms with van der Waals surface area (Å²) < 4.78 is 3.55. The van der Waals surface area contributed by atoms with E-state index in [1.54, 1.807) is 6.07 Å². The molecule has 0 heterocycles. The minimum atomic E-state index is 0.706. The van der Waals surface area contributed by atoms with Gasteiger partial charge in [-0.15, -0.1) is 0 Å². The van der Waals surface area contributed by atoms with Crippen LogP contribution in [0, 0.1) is 0 Å². The van der Waals surface area contributed by atoms with E-state index in [-0.39, 0.29) is 0 Å². The third-order valence-electron chi connectivity index (χ3n) is 1.11. The summed E-state index contributed by atoms with van der Waals surface area (Å²) in [7, 11) is 0. The molecule has 0 fully saturated rings. The maximum absolute atomic E-state index is 5.73. The van der Waals surface area contributed by atoms with Gasteiger partial charge in [0.25, 0.3) is 0 Å². The van der Waals surface area contributed by atoms with Gasteiger partial charge in [0, 0.05) is 25.6 Å². The minimum Gasteiger partial charge on any atom is -0.310 e. The second-order valence-corrected chi connectivity index (χ2v) is 3.53. The zero-order valence-electron chi connectivity index (χ0n) is 5.37. The number of hydrogen-bond donors (Lipinski definition) is 2. The predicted molar refractivity (Wildman–Crippen MR) is 54.8 cm³/mol. The van der Waals surface area contributed by atoms with E-state index in [4.69, 9.17) is 11.6 Å². The molecule has 0 radical (unpaired) electrons. The van der Waals surface area contributed by atoms with Gasteiger partial charge in [0.1, 0.15) is 0 Å². The van der Waals surface area contributed by atoms with Crippen LogP contribution in [0.25, 0.3) is 0 Å². The topological polar surface area (TPSA) is 24.1 Å². The van der Waals surface area contributed by atoms with E-state index in [1.807, 2.05) is 12.1 Å². The van der Waals surface area contributed by atoms with Crippen LogP contribution < -0.4 is 9.88 Å². The summed E-state index contributed by atoms with van der Waals surface area (Å²) in [6.07, 6.45) is 0. The van der Waals surface area contributed by atoms with Gasteiger partial charge >= 0.3 is 0 Å². The Hall–Kier alpha value is 0.230. The maximum atomic E-state index is 5.73. The molecule has 0 unspecified atom stereocenters. The molecule has 11 heavy (non-hydrogen) atoms. The first-order chi connectivity index (χ1) is 5.24. The van der Waals surface area contributed by atoms with Crippen molar-refractivity contribution in [1.29, 1.82) is 0 Å². The quantitative estimate of drug-likeness (QED) is 0.647. The van der Waals surface area contributed by atoms with Crippen LogP contribution in [0.5, 0.6) is 0 Å². The molecule has 0 saturated carbocycles. The monoisotopic (exact) mass is 298 g/mol. The van der Waals surface area contributed by atoms with Crippen molar-refractivity contribution in [1.82, 2.24) is 4.45 Å². The van der Waals surface area contributed by atoms with Crippen LogP contribution in [-0.4, -0.2) is 0 Å². The Morgan fingerprint density at radius 3 is 2.64 bits per heavy atom. The Kier molecular flexibility index (Phi) is 3.65. The predicted octanol–water partition coefficient (Wildman–Crippen LogP) is 3.33. The average Bonchev–Trinajstić information content (AvgIpc) is 1.95. The molecule has 1 rings (SSSR count). The van der Waals surface area contributed by atoms with Crippen LogP contribution in [0.15, 0.2) is 22.7 Å². The molecule has 0 saturated heterocycles. The van der Waals surface area contributed by atoms with Gasteiger partial charge in [-0.3, -0.25) is 0 Å². The molecule has 0 atom stereocenters. The van der Waals surface area contributed by atoms with Crippen LogP contribution in [0.1, 0.15) is 0 Å². The highest BCUT2D eigenvalue weighted by atomic mass is 79.9. The van der Waals surface area contributed by atoms with E-state index in [0.717, 1.165) is 10.2 Å². The summed E-state index contributed by atoms with van der Waals surface area (Å²) >= 11 is 12.1. The lowest BCUT2D eigenvalue weighted by Gasteiger charge is -2.04. The highest BCUT2D eigenvalue weighted by Gasteiger charge is 1.97. The molecule has 1 aromatic rings. The Balaban J connectivity index is 2.90. The molecule has 0 bridgehead atoms. The van der Waals surface area contributed by atoms with Gasteiger partial charge < -0.3 is 5.43 Å². The molecular weight excluding hydrogens is 295 g/mol. The Morgan fingerprint density at radius 2 is 2.09 bits per heavy atom. The average molecular weight is 300 g/mol. The van der Waals surface area contributed by atoms with Gasteiger partial charge in [0.15, 0.2) is 0 Å². The van der Waals surface area contributed by atoms with E-state index in [2.05, 4.69) is 42.0 Å². The van der Waals surface area contributed by atoms with Crippen molar-refractivity contribution in [2.24, 2.45) is 0 Å². The van der Waals surface area contributed by atoms with Crippen LogP contribution >= 0.6 is 43.7 Å². The standard InChI is InChI=1S/C6H5Br2ClN2/c7-5-3-4(9)1-2-6(5)10-11-8/h1-3,10-11H. The molecule has 2 nitrogen and oxygen atoms in total. The van der Waals surface area contributed by atoms with Crippen molar-refractivity contribution < 1.29 is 0 Å². The Bertz CT molecular complexity index is 254. The van der Waals surface area contributed by atoms with Gasteiger partial charge in [-0.2, -0.15) is 4.45 Å².